The minimum atomic E-state index is 0.534. The smallest absolute Gasteiger partial charge is 0.164 e. The highest BCUT2D eigenvalue weighted by atomic mass is 79.9. The first-order valence-electron chi connectivity index (χ1n) is 6.78. The monoisotopic (exact) mass is 363 g/mol. The molecule has 0 aliphatic heterocycles. The highest BCUT2D eigenvalue weighted by Crippen LogP contribution is 2.29. The van der Waals surface area contributed by atoms with E-state index in [0.29, 0.717) is 12.3 Å². The molecule has 0 saturated carbocycles. The van der Waals surface area contributed by atoms with Crippen LogP contribution in [0.15, 0.2) is 34.9 Å². The summed E-state index contributed by atoms with van der Waals surface area (Å²) in [4.78, 5) is 9.27. The molecule has 3 nitrogen and oxygen atoms in total. The van der Waals surface area contributed by atoms with Crippen LogP contribution in [-0.2, 0) is 6.42 Å². The maximum atomic E-state index is 5.95. The van der Waals surface area contributed by atoms with Gasteiger partial charge in [0.15, 0.2) is 5.65 Å². The molecular weight excluding hydrogens is 350 g/mol. The first-order chi connectivity index (χ1) is 10.1. The van der Waals surface area contributed by atoms with Gasteiger partial charge >= 0.3 is 0 Å². The van der Waals surface area contributed by atoms with Crippen LogP contribution in [0.4, 0.5) is 0 Å². The van der Waals surface area contributed by atoms with Crippen molar-refractivity contribution in [3.8, 4) is 5.69 Å². The average molecular weight is 365 g/mol. The van der Waals surface area contributed by atoms with Gasteiger partial charge in [-0.1, -0.05) is 12.1 Å². The Morgan fingerprint density at radius 1 is 1.19 bits per heavy atom. The molecule has 2 heterocycles. The van der Waals surface area contributed by atoms with Gasteiger partial charge in [-0.15, -0.1) is 11.6 Å². The van der Waals surface area contributed by atoms with Crippen LogP contribution >= 0.6 is 27.5 Å². The van der Waals surface area contributed by atoms with Crippen molar-refractivity contribution in [3.05, 3.63) is 51.9 Å². The Morgan fingerprint density at radius 2 is 2.00 bits per heavy atom. The predicted octanol–water partition coefficient (Wildman–Crippen LogP) is 4.58. The van der Waals surface area contributed by atoms with Crippen LogP contribution in [0.25, 0.3) is 16.9 Å². The van der Waals surface area contributed by atoms with Crippen LogP contribution in [0.5, 0.6) is 0 Å². The highest BCUT2D eigenvalue weighted by molar-refractivity contribution is 9.10. The Labute approximate surface area is 137 Å². The lowest BCUT2D eigenvalue weighted by Gasteiger charge is -2.11. The average Bonchev–Trinajstić information content (AvgIpc) is 2.82. The molecule has 0 spiro atoms. The van der Waals surface area contributed by atoms with E-state index in [9.17, 15) is 0 Å². The zero-order chi connectivity index (χ0) is 15.0. The number of rotatable bonds is 3. The number of alkyl halides is 1. The third kappa shape index (κ3) is 2.47. The fourth-order valence-electron chi connectivity index (χ4n) is 2.45. The van der Waals surface area contributed by atoms with E-state index in [0.717, 1.165) is 32.7 Å². The Kier molecular flexibility index (Phi) is 4.00. The molecule has 5 heteroatoms. The summed E-state index contributed by atoms with van der Waals surface area (Å²) in [5.41, 5.74) is 5.17. The van der Waals surface area contributed by atoms with Crippen molar-refractivity contribution in [1.82, 2.24) is 14.5 Å². The van der Waals surface area contributed by atoms with Gasteiger partial charge in [-0.3, -0.25) is 4.57 Å². The fourth-order valence-corrected chi connectivity index (χ4v) is 3.06. The van der Waals surface area contributed by atoms with E-state index in [4.69, 9.17) is 16.6 Å². The van der Waals surface area contributed by atoms with Crippen molar-refractivity contribution >= 4 is 38.7 Å². The van der Waals surface area contributed by atoms with Gasteiger partial charge in [0.1, 0.15) is 11.3 Å². The third-order valence-electron chi connectivity index (χ3n) is 3.55. The molecule has 108 valence electrons. The SMILES string of the molecule is Cc1cccc(-n2c(CCCl)nc3c(C)ccnc32)c1Br. The van der Waals surface area contributed by atoms with Crippen LogP contribution in [0, 0.1) is 13.8 Å². The van der Waals surface area contributed by atoms with Crippen molar-refractivity contribution in [2.24, 2.45) is 0 Å². The maximum absolute atomic E-state index is 5.95. The van der Waals surface area contributed by atoms with Gasteiger partial charge in [-0.25, -0.2) is 9.97 Å². The molecule has 0 radical (unpaired) electrons. The minimum absolute atomic E-state index is 0.534. The standard InChI is InChI=1S/C16H15BrClN3/c1-10-4-3-5-12(14(10)17)21-13(6-8-18)20-15-11(2)7-9-19-16(15)21/h3-5,7,9H,6,8H2,1-2H3. The van der Waals surface area contributed by atoms with Crippen LogP contribution in [-0.4, -0.2) is 20.4 Å². The van der Waals surface area contributed by atoms with E-state index in [1.165, 1.54) is 5.56 Å². The molecule has 3 aromatic rings. The van der Waals surface area contributed by atoms with E-state index in [-0.39, 0.29) is 0 Å². The minimum Gasteiger partial charge on any atom is -0.280 e. The van der Waals surface area contributed by atoms with Gasteiger partial charge in [-0.05, 0) is 53.0 Å². The lowest BCUT2D eigenvalue weighted by atomic mass is 10.2. The summed E-state index contributed by atoms with van der Waals surface area (Å²) < 4.78 is 3.16. The summed E-state index contributed by atoms with van der Waals surface area (Å²) in [6.45, 7) is 4.13. The molecule has 21 heavy (non-hydrogen) atoms. The summed E-state index contributed by atoms with van der Waals surface area (Å²) in [5, 5.41) is 0. The van der Waals surface area contributed by atoms with Gasteiger partial charge < -0.3 is 0 Å². The molecule has 0 atom stereocenters. The van der Waals surface area contributed by atoms with Crippen LogP contribution in [0.1, 0.15) is 17.0 Å². The number of aryl methyl sites for hydroxylation is 3. The second-order valence-corrected chi connectivity index (χ2v) is 6.18. The number of imidazole rings is 1. The normalized spacial score (nSPS) is 11.2. The topological polar surface area (TPSA) is 30.7 Å². The van der Waals surface area contributed by atoms with Crippen LogP contribution < -0.4 is 0 Å². The Balaban J connectivity index is 2.37. The molecular formula is C16H15BrClN3. The zero-order valence-corrected chi connectivity index (χ0v) is 14.2. The van der Waals surface area contributed by atoms with E-state index >= 15 is 0 Å². The second-order valence-electron chi connectivity index (χ2n) is 5.01. The summed E-state index contributed by atoms with van der Waals surface area (Å²) in [7, 11) is 0. The highest BCUT2D eigenvalue weighted by Gasteiger charge is 2.16. The van der Waals surface area contributed by atoms with Gasteiger partial charge in [0.05, 0.1) is 5.69 Å². The number of halogens is 2. The number of aromatic nitrogens is 3. The van der Waals surface area contributed by atoms with Gasteiger partial charge in [0.25, 0.3) is 0 Å². The summed E-state index contributed by atoms with van der Waals surface area (Å²) >= 11 is 9.63. The summed E-state index contributed by atoms with van der Waals surface area (Å²) in [5.74, 6) is 1.47. The summed E-state index contributed by atoms with van der Waals surface area (Å²) in [6.07, 6.45) is 2.53. The largest absolute Gasteiger partial charge is 0.280 e. The first-order valence-corrected chi connectivity index (χ1v) is 8.10. The molecule has 3 rings (SSSR count). The van der Waals surface area contributed by atoms with Crippen molar-refractivity contribution < 1.29 is 0 Å². The number of pyridine rings is 1. The Hall–Kier alpha value is -1.39. The second kappa shape index (κ2) is 5.78. The van der Waals surface area contributed by atoms with Crippen LogP contribution in [0.2, 0.25) is 0 Å². The first kappa shape index (κ1) is 14.5. The maximum Gasteiger partial charge on any atom is 0.164 e. The fraction of sp³-hybridized carbons (Fsp3) is 0.250. The predicted molar refractivity (Wildman–Crippen MR) is 90.5 cm³/mol. The number of nitrogens with zero attached hydrogens (tertiary/aromatic N) is 3. The van der Waals surface area contributed by atoms with Gasteiger partial charge in [0, 0.05) is 23.0 Å². The molecule has 2 aromatic heterocycles. The van der Waals surface area contributed by atoms with E-state index in [1.54, 1.807) is 0 Å². The summed E-state index contributed by atoms with van der Waals surface area (Å²) in [6, 6.07) is 8.17. The molecule has 0 bridgehead atoms. The van der Waals surface area contributed by atoms with E-state index in [2.05, 4.69) is 51.5 Å². The molecule has 0 saturated heterocycles. The lowest BCUT2D eigenvalue weighted by Crippen LogP contribution is -2.04. The van der Waals surface area contributed by atoms with Gasteiger partial charge in [0.2, 0.25) is 0 Å². The molecule has 0 unspecified atom stereocenters. The van der Waals surface area contributed by atoms with Crippen molar-refractivity contribution in [2.45, 2.75) is 20.3 Å². The molecule has 0 aliphatic rings. The number of fused-ring (bicyclic) bond motifs is 1. The quantitative estimate of drug-likeness (QED) is 0.637. The molecule has 0 fully saturated rings. The third-order valence-corrected chi connectivity index (χ3v) is 4.77. The van der Waals surface area contributed by atoms with Crippen molar-refractivity contribution in [3.63, 3.8) is 0 Å². The number of hydrogen-bond acceptors (Lipinski definition) is 2. The Bertz CT molecular complexity index is 811. The van der Waals surface area contributed by atoms with Crippen molar-refractivity contribution in [2.75, 3.05) is 5.88 Å². The molecule has 0 aliphatic carbocycles. The molecule has 1 aromatic carbocycles. The Morgan fingerprint density at radius 3 is 2.76 bits per heavy atom. The van der Waals surface area contributed by atoms with Crippen molar-refractivity contribution in [1.29, 1.82) is 0 Å². The van der Waals surface area contributed by atoms with Crippen LogP contribution in [0.3, 0.4) is 0 Å². The molecule has 0 N–H and O–H groups in total. The van der Waals surface area contributed by atoms with E-state index in [1.807, 2.05) is 18.3 Å². The zero-order valence-electron chi connectivity index (χ0n) is 11.9. The number of benzene rings is 1. The van der Waals surface area contributed by atoms with E-state index < -0.39 is 0 Å². The molecule has 0 amide bonds. The van der Waals surface area contributed by atoms with Gasteiger partial charge in [-0.2, -0.15) is 0 Å². The number of hydrogen-bond donors (Lipinski definition) is 0. The lowest BCUT2D eigenvalue weighted by molar-refractivity contribution is 0.901.